The van der Waals surface area contributed by atoms with Crippen molar-refractivity contribution in [1.29, 1.82) is 0 Å². The second-order valence-corrected chi connectivity index (χ2v) is 8.20. The highest BCUT2D eigenvalue weighted by molar-refractivity contribution is 5.94. The summed E-state index contributed by atoms with van der Waals surface area (Å²) in [7, 11) is 0. The summed E-state index contributed by atoms with van der Waals surface area (Å²) >= 11 is 0. The van der Waals surface area contributed by atoms with E-state index >= 15 is 0 Å². The van der Waals surface area contributed by atoms with Gasteiger partial charge < -0.3 is 9.64 Å². The first-order valence-electron chi connectivity index (χ1n) is 10.1. The third-order valence-corrected chi connectivity index (χ3v) is 4.90. The van der Waals surface area contributed by atoms with Crippen molar-refractivity contribution in [3.63, 3.8) is 0 Å². The zero-order valence-corrected chi connectivity index (χ0v) is 17.6. The average Bonchev–Trinajstić information content (AvgIpc) is 3.17. The molecular weight excluding hydrogens is 366 g/mol. The fourth-order valence-electron chi connectivity index (χ4n) is 3.56. The Kier molecular flexibility index (Phi) is 6.20. The van der Waals surface area contributed by atoms with E-state index in [4.69, 9.17) is 4.74 Å². The summed E-state index contributed by atoms with van der Waals surface area (Å²) in [6, 6.07) is 13.1. The van der Waals surface area contributed by atoms with Crippen LogP contribution >= 0.6 is 0 Å². The van der Waals surface area contributed by atoms with Crippen LogP contribution in [0.3, 0.4) is 0 Å². The molecule has 0 aliphatic carbocycles. The number of hydrogen-bond acceptors (Lipinski definition) is 4. The molecule has 0 radical (unpaired) electrons. The summed E-state index contributed by atoms with van der Waals surface area (Å²) in [6.07, 6.45) is 3.22. The Bertz CT molecular complexity index is 844. The predicted octanol–water partition coefficient (Wildman–Crippen LogP) is 4.82. The summed E-state index contributed by atoms with van der Waals surface area (Å²) in [5.41, 5.74) is 1.12. The molecule has 2 aromatic rings. The van der Waals surface area contributed by atoms with Crippen LogP contribution in [0.2, 0.25) is 0 Å². The highest BCUT2D eigenvalue weighted by atomic mass is 16.6. The lowest BCUT2D eigenvalue weighted by Crippen LogP contribution is -2.37. The lowest BCUT2D eigenvalue weighted by molar-refractivity contribution is 0.0581. The highest BCUT2D eigenvalue weighted by Gasteiger charge is 2.31. The van der Waals surface area contributed by atoms with Gasteiger partial charge in [0.05, 0.1) is 6.04 Å². The Hall–Kier alpha value is -2.89. The highest BCUT2D eigenvalue weighted by Crippen LogP contribution is 2.33. The number of pyridine rings is 1. The maximum absolute atomic E-state index is 12.9. The normalized spacial score (nSPS) is 16.6. The molecule has 3 rings (SSSR count). The van der Waals surface area contributed by atoms with E-state index in [-0.39, 0.29) is 11.9 Å². The maximum Gasteiger partial charge on any atom is 0.415 e. The van der Waals surface area contributed by atoms with E-state index in [0.717, 1.165) is 24.9 Å². The van der Waals surface area contributed by atoms with Crippen molar-refractivity contribution in [2.24, 2.45) is 0 Å². The number of amides is 2. The third-order valence-electron chi connectivity index (χ3n) is 4.90. The number of anilines is 1. The van der Waals surface area contributed by atoms with Gasteiger partial charge in [-0.1, -0.05) is 24.3 Å². The first-order chi connectivity index (χ1) is 13.8. The van der Waals surface area contributed by atoms with Gasteiger partial charge in [-0.3, -0.25) is 9.69 Å². The zero-order valence-electron chi connectivity index (χ0n) is 17.6. The van der Waals surface area contributed by atoms with Gasteiger partial charge in [0.1, 0.15) is 11.4 Å². The van der Waals surface area contributed by atoms with E-state index in [1.165, 1.54) is 4.90 Å². The van der Waals surface area contributed by atoms with Gasteiger partial charge in [-0.05, 0) is 64.3 Å². The van der Waals surface area contributed by atoms with E-state index in [1.54, 1.807) is 6.20 Å². The molecule has 6 nitrogen and oxygen atoms in total. The molecule has 2 amide bonds. The predicted molar refractivity (Wildman–Crippen MR) is 113 cm³/mol. The topological polar surface area (TPSA) is 62.7 Å². The first kappa shape index (κ1) is 20.8. The molecule has 2 heterocycles. The molecule has 1 saturated heterocycles. The van der Waals surface area contributed by atoms with Gasteiger partial charge >= 0.3 is 6.09 Å². The summed E-state index contributed by atoms with van der Waals surface area (Å²) in [6.45, 7) is 8.61. The minimum absolute atomic E-state index is 0.000796. The lowest BCUT2D eigenvalue weighted by atomic mass is 10.1. The fourth-order valence-corrected chi connectivity index (χ4v) is 3.56. The van der Waals surface area contributed by atoms with Gasteiger partial charge in [0.15, 0.2) is 0 Å². The number of rotatable bonds is 4. The smallest absolute Gasteiger partial charge is 0.415 e. The molecule has 29 heavy (non-hydrogen) atoms. The molecule has 1 aliphatic heterocycles. The minimum atomic E-state index is -0.563. The van der Waals surface area contributed by atoms with E-state index in [0.29, 0.717) is 17.9 Å². The van der Waals surface area contributed by atoms with Crippen LogP contribution in [0.15, 0.2) is 48.7 Å². The number of carbonyl (C=O) groups excluding carboxylic acids is 2. The van der Waals surface area contributed by atoms with Gasteiger partial charge in [-0.2, -0.15) is 0 Å². The molecule has 1 unspecified atom stereocenters. The number of likely N-dealkylation sites (tertiary alicyclic amines) is 1. The third kappa shape index (κ3) is 4.94. The van der Waals surface area contributed by atoms with Gasteiger partial charge in [0.25, 0.3) is 5.91 Å². The largest absolute Gasteiger partial charge is 0.443 e. The van der Waals surface area contributed by atoms with Crippen LogP contribution in [0, 0.1) is 0 Å². The second kappa shape index (κ2) is 8.64. The van der Waals surface area contributed by atoms with Gasteiger partial charge in [-0.25, -0.2) is 9.78 Å². The Morgan fingerprint density at radius 3 is 2.48 bits per heavy atom. The number of ether oxygens (including phenoxy) is 1. The first-order valence-corrected chi connectivity index (χ1v) is 10.1. The van der Waals surface area contributed by atoms with Gasteiger partial charge in [0, 0.05) is 24.8 Å². The average molecular weight is 396 g/mol. The van der Waals surface area contributed by atoms with Crippen LogP contribution in [-0.4, -0.2) is 40.6 Å². The van der Waals surface area contributed by atoms with Gasteiger partial charge in [-0.15, -0.1) is 0 Å². The lowest BCUT2D eigenvalue weighted by Gasteiger charge is -2.27. The van der Waals surface area contributed by atoms with Crippen molar-refractivity contribution in [2.45, 2.75) is 52.2 Å². The van der Waals surface area contributed by atoms with Crippen molar-refractivity contribution in [3.8, 4) is 0 Å². The van der Waals surface area contributed by atoms with E-state index < -0.39 is 11.7 Å². The van der Waals surface area contributed by atoms with Crippen molar-refractivity contribution >= 4 is 17.8 Å². The van der Waals surface area contributed by atoms with Gasteiger partial charge in [0.2, 0.25) is 0 Å². The second-order valence-electron chi connectivity index (χ2n) is 8.20. The van der Waals surface area contributed by atoms with Crippen molar-refractivity contribution < 1.29 is 14.3 Å². The molecule has 0 saturated carbocycles. The van der Waals surface area contributed by atoms with Crippen molar-refractivity contribution in [1.82, 2.24) is 9.88 Å². The number of hydrogen-bond donors (Lipinski definition) is 0. The summed E-state index contributed by atoms with van der Waals surface area (Å²) in [5, 5.41) is 0. The van der Waals surface area contributed by atoms with Crippen molar-refractivity contribution in [2.75, 3.05) is 18.0 Å². The SMILES string of the molecule is CCN(C(=O)OC(C)(C)C)c1ccc(C2CCCN2C(=O)c2ccccc2)cn1. The maximum atomic E-state index is 12.9. The Morgan fingerprint density at radius 2 is 1.90 bits per heavy atom. The Balaban J connectivity index is 1.76. The van der Waals surface area contributed by atoms with Crippen molar-refractivity contribution in [3.05, 3.63) is 59.8 Å². The molecule has 0 spiro atoms. The fraction of sp³-hybridized carbons (Fsp3) is 0.435. The minimum Gasteiger partial charge on any atom is -0.443 e. The molecular formula is C23H29N3O3. The molecule has 6 heteroatoms. The summed E-state index contributed by atoms with van der Waals surface area (Å²) < 4.78 is 5.47. The standard InChI is InChI=1S/C23H29N3O3/c1-5-25(22(28)29-23(2,3)4)20-14-13-18(16-24-20)19-12-9-15-26(19)21(27)17-10-7-6-8-11-17/h6-8,10-11,13-14,16,19H,5,9,12,15H2,1-4H3. The van der Waals surface area contributed by atoms with Crippen LogP contribution < -0.4 is 4.90 Å². The number of aromatic nitrogens is 1. The van der Waals surface area contributed by atoms with E-state index in [9.17, 15) is 9.59 Å². The van der Waals surface area contributed by atoms with Crippen LogP contribution in [0.4, 0.5) is 10.6 Å². The van der Waals surface area contributed by atoms with Crippen LogP contribution in [-0.2, 0) is 4.74 Å². The number of benzene rings is 1. The number of nitrogens with zero attached hydrogens (tertiary/aromatic N) is 3. The molecule has 1 aromatic carbocycles. The summed E-state index contributed by atoms with van der Waals surface area (Å²) in [4.78, 5) is 33.3. The zero-order chi connectivity index (χ0) is 21.0. The molecule has 0 N–H and O–H groups in total. The van der Waals surface area contributed by atoms with Crippen LogP contribution in [0.1, 0.15) is 62.5 Å². The monoisotopic (exact) mass is 395 g/mol. The van der Waals surface area contributed by atoms with E-state index in [1.807, 2.05) is 75.1 Å². The number of carbonyl (C=O) groups is 2. The van der Waals surface area contributed by atoms with Crippen LogP contribution in [0.5, 0.6) is 0 Å². The molecule has 1 aliphatic rings. The Labute approximate surface area is 172 Å². The molecule has 154 valence electrons. The van der Waals surface area contributed by atoms with Crippen LogP contribution in [0.25, 0.3) is 0 Å². The summed E-state index contributed by atoms with van der Waals surface area (Å²) in [5.74, 6) is 0.588. The molecule has 1 aromatic heterocycles. The van der Waals surface area contributed by atoms with E-state index in [2.05, 4.69) is 4.98 Å². The molecule has 1 atom stereocenters. The molecule has 1 fully saturated rings. The quantitative estimate of drug-likeness (QED) is 0.744. The molecule has 0 bridgehead atoms. The Morgan fingerprint density at radius 1 is 1.17 bits per heavy atom.